The predicted molar refractivity (Wildman–Crippen MR) is 139 cm³/mol. The molecular weight excluding hydrogens is 509 g/mol. The number of benzene rings is 1. The Hall–Kier alpha value is -3.44. The highest BCUT2D eigenvalue weighted by molar-refractivity contribution is 5.58. The van der Waals surface area contributed by atoms with E-state index in [2.05, 4.69) is 17.1 Å². The van der Waals surface area contributed by atoms with E-state index in [0.29, 0.717) is 43.4 Å². The molecule has 3 aromatic heterocycles. The van der Waals surface area contributed by atoms with Crippen molar-refractivity contribution in [2.75, 3.05) is 19.7 Å². The minimum absolute atomic E-state index is 0.00384. The quantitative estimate of drug-likeness (QED) is 0.380. The van der Waals surface area contributed by atoms with Gasteiger partial charge in [0.25, 0.3) is 0 Å². The Balaban J connectivity index is 1.44. The second-order valence-corrected chi connectivity index (χ2v) is 11.1. The van der Waals surface area contributed by atoms with Gasteiger partial charge in [-0.3, -0.25) is 13.9 Å². The molecule has 0 radical (unpaired) electrons. The summed E-state index contributed by atoms with van der Waals surface area (Å²) in [5.41, 5.74) is 0.0208. The van der Waals surface area contributed by atoms with E-state index in [1.807, 2.05) is 41.6 Å². The summed E-state index contributed by atoms with van der Waals surface area (Å²) in [5, 5.41) is 8.45. The molecule has 6 rings (SSSR count). The maximum Gasteiger partial charge on any atom is 0.418 e. The van der Waals surface area contributed by atoms with Gasteiger partial charge in [-0.05, 0) is 55.0 Å². The highest BCUT2D eigenvalue weighted by Gasteiger charge is 2.48. The van der Waals surface area contributed by atoms with Crippen LogP contribution in [0.4, 0.5) is 13.2 Å². The summed E-state index contributed by atoms with van der Waals surface area (Å²) in [4.78, 5) is 15.6. The smallest absolute Gasteiger partial charge is 0.376 e. The fourth-order valence-electron chi connectivity index (χ4n) is 6.38. The largest absolute Gasteiger partial charge is 0.418 e. The van der Waals surface area contributed by atoms with Gasteiger partial charge >= 0.3 is 11.9 Å². The fraction of sp³-hybridized carbons (Fsp3) is 0.464. The van der Waals surface area contributed by atoms with Crippen molar-refractivity contribution in [2.24, 2.45) is 13.0 Å². The van der Waals surface area contributed by atoms with Gasteiger partial charge in [-0.15, -0.1) is 10.2 Å². The summed E-state index contributed by atoms with van der Waals surface area (Å²) in [5.74, 6) is 1.33. The molecular formula is C28H31F3N6O2. The van der Waals surface area contributed by atoms with E-state index in [-0.39, 0.29) is 17.0 Å². The van der Waals surface area contributed by atoms with Crippen LogP contribution in [0.5, 0.6) is 0 Å². The number of hydrogen-bond donors (Lipinski definition) is 0. The van der Waals surface area contributed by atoms with E-state index in [4.69, 9.17) is 4.74 Å². The Kier molecular flexibility index (Phi) is 6.18. The zero-order chi connectivity index (χ0) is 27.5. The van der Waals surface area contributed by atoms with Crippen molar-refractivity contribution in [1.29, 1.82) is 0 Å². The molecule has 2 aliphatic rings. The average Bonchev–Trinajstić information content (AvgIpc) is 3.44. The van der Waals surface area contributed by atoms with Gasteiger partial charge in [0.05, 0.1) is 34.9 Å². The zero-order valence-corrected chi connectivity index (χ0v) is 22.1. The van der Waals surface area contributed by atoms with Crippen LogP contribution in [0.3, 0.4) is 0 Å². The van der Waals surface area contributed by atoms with E-state index in [1.165, 1.54) is 17.0 Å². The molecule has 4 aromatic rings. The second kappa shape index (κ2) is 9.34. The van der Waals surface area contributed by atoms with E-state index in [0.717, 1.165) is 34.7 Å². The van der Waals surface area contributed by atoms with E-state index in [9.17, 15) is 18.0 Å². The molecule has 206 valence electrons. The molecule has 1 saturated carbocycles. The number of ether oxygens (including phenoxy) is 1. The van der Waals surface area contributed by atoms with Crippen LogP contribution in [0.1, 0.15) is 49.2 Å². The predicted octanol–water partition coefficient (Wildman–Crippen LogP) is 4.17. The molecule has 2 fully saturated rings. The zero-order valence-electron chi connectivity index (χ0n) is 22.1. The lowest BCUT2D eigenvalue weighted by molar-refractivity contribution is -0.136. The lowest BCUT2D eigenvalue weighted by Crippen LogP contribution is -2.43. The first-order valence-electron chi connectivity index (χ1n) is 13.2. The van der Waals surface area contributed by atoms with Crippen LogP contribution in [0.25, 0.3) is 11.2 Å². The Morgan fingerprint density at radius 3 is 2.62 bits per heavy atom. The summed E-state index contributed by atoms with van der Waals surface area (Å²) in [6.07, 6.45) is 1.63. The molecule has 1 aliphatic heterocycles. The molecule has 1 atom stereocenters. The molecule has 0 amide bonds. The highest BCUT2D eigenvalue weighted by Crippen LogP contribution is 2.51. The van der Waals surface area contributed by atoms with Crippen LogP contribution < -0.4 is 5.69 Å². The lowest BCUT2D eigenvalue weighted by Gasteiger charge is -2.46. The lowest BCUT2D eigenvalue weighted by atomic mass is 9.58. The normalized spacial score (nSPS) is 24.3. The Bertz CT molecular complexity index is 1580. The molecule has 1 aliphatic carbocycles. The third kappa shape index (κ3) is 4.47. The summed E-state index contributed by atoms with van der Waals surface area (Å²) in [6.45, 7) is 6.19. The summed E-state index contributed by atoms with van der Waals surface area (Å²) < 4.78 is 52.5. The number of hydrogen-bond acceptors (Lipinski definition) is 5. The van der Waals surface area contributed by atoms with Crippen LogP contribution in [-0.4, -0.2) is 54.4 Å². The molecule has 4 heterocycles. The molecule has 39 heavy (non-hydrogen) atoms. The second-order valence-electron chi connectivity index (χ2n) is 11.1. The van der Waals surface area contributed by atoms with Gasteiger partial charge in [0.15, 0.2) is 0 Å². The minimum atomic E-state index is -4.61. The SMILES string of the molecule is C[C@@H]1CN(Cc2cc(C(F)(F)F)c3cn(-c4cccc([C@]5(c6nncn6C)C[C@@H](C)C5)c4)c(=O)n3c2)CCO1. The first-order chi connectivity index (χ1) is 18.5. The monoisotopic (exact) mass is 540 g/mol. The summed E-state index contributed by atoms with van der Waals surface area (Å²) in [7, 11) is 1.91. The number of imidazole rings is 1. The fourth-order valence-corrected chi connectivity index (χ4v) is 6.38. The molecule has 8 nitrogen and oxygen atoms in total. The van der Waals surface area contributed by atoms with Crippen molar-refractivity contribution < 1.29 is 17.9 Å². The number of halogens is 3. The number of alkyl halides is 3. The van der Waals surface area contributed by atoms with Gasteiger partial charge in [0.2, 0.25) is 0 Å². The number of pyridine rings is 1. The molecule has 1 saturated heterocycles. The van der Waals surface area contributed by atoms with Gasteiger partial charge in [0, 0.05) is 39.1 Å². The maximum atomic E-state index is 14.2. The van der Waals surface area contributed by atoms with Crippen LogP contribution in [-0.2, 0) is 29.9 Å². The number of nitrogens with zero attached hydrogens (tertiary/aromatic N) is 6. The van der Waals surface area contributed by atoms with Gasteiger partial charge in [-0.1, -0.05) is 19.1 Å². The van der Waals surface area contributed by atoms with Crippen molar-refractivity contribution in [3.63, 3.8) is 0 Å². The molecule has 11 heteroatoms. The van der Waals surface area contributed by atoms with Crippen LogP contribution in [0, 0.1) is 5.92 Å². The summed E-state index contributed by atoms with van der Waals surface area (Å²) >= 11 is 0. The van der Waals surface area contributed by atoms with Gasteiger partial charge in [0.1, 0.15) is 12.2 Å². The van der Waals surface area contributed by atoms with Crippen molar-refractivity contribution in [3.05, 3.63) is 82.1 Å². The Labute approximate surface area is 223 Å². The van der Waals surface area contributed by atoms with Crippen LogP contribution in [0.15, 0.2) is 53.8 Å². The highest BCUT2D eigenvalue weighted by atomic mass is 19.4. The van der Waals surface area contributed by atoms with Crippen molar-refractivity contribution in [3.8, 4) is 5.69 Å². The number of aryl methyl sites for hydroxylation is 1. The number of fused-ring (bicyclic) bond motifs is 1. The van der Waals surface area contributed by atoms with Gasteiger partial charge in [-0.2, -0.15) is 13.2 Å². The summed E-state index contributed by atoms with van der Waals surface area (Å²) in [6, 6.07) is 8.64. The topological polar surface area (TPSA) is 69.6 Å². The average molecular weight is 541 g/mol. The molecule has 0 unspecified atom stereocenters. The van der Waals surface area contributed by atoms with Gasteiger partial charge < -0.3 is 9.30 Å². The third-order valence-electron chi connectivity index (χ3n) is 8.07. The van der Waals surface area contributed by atoms with Crippen LogP contribution >= 0.6 is 0 Å². The number of aromatic nitrogens is 5. The van der Waals surface area contributed by atoms with Crippen molar-refractivity contribution >= 4 is 5.52 Å². The van der Waals surface area contributed by atoms with Crippen molar-refractivity contribution in [1.82, 2.24) is 28.6 Å². The van der Waals surface area contributed by atoms with E-state index >= 15 is 0 Å². The Morgan fingerprint density at radius 2 is 1.95 bits per heavy atom. The number of morpholine rings is 1. The van der Waals surface area contributed by atoms with E-state index in [1.54, 1.807) is 12.4 Å². The van der Waals surface area contributed by atoms with E-state index < -0.39 is 17.4 Å². The molecule has 0 spiro atoms. The number of rotatable bonds is 5. The molecule has 0 N–H and O–H groups in total. The minimum Gasteiger partial charge on any atom is -0.376 e. The molecule has 0 bridgehead atoms. The first kappa shape index (κ1) is 25.8. The Morgan fingerprint density at radius 1 is 1.15 bits per heavy atom. The van der Waals surface area contributed by atoms with Crippen molar-refractivity contribution in [2.45, 2.75) is 50.9 Å². The van der Waals surface area contributed by atoms with Crippen LogP contribution in [0.2, 0.25) is 0 Å². The van der Waals surface area contributed by atoms with Gasteiger partial charge in [-0.25, -0.2) is 4.79 Å². The molecule has 1 aromatic carbocycles. The maximum absolute atomic E-state index is 14.2. The first-order valence-corrected chi connectivity index (χ1v) is 13.2. The standard InChI is InChI=1S/C28H31F3N6O2/c1-18-11-27(12-18,25-33-32-17-34(25)3)21-5-4-6-22(10-21)36-16-24-23(28(29,30)31)9-20(15-37(24)26(36)38)14-35-7-8-39-19(2)13-35/h4-6,9-10,15-19H,7-8,11-14H2,1-3H3/t18-,19-,27+/m1/s1. The third-order valence-corrected chi connectivity index (χ3v) is 8.07.